The molecule has 0 amide bonds. The van der Waals surface area contributed by atoms with Crippen molar-refractivity contribution in [3.05, 3.63) is 11.9 Å². The van der Waals surface area contributed by atoms with Crippen molar-refractivity contribution < 1.29 is 24.2 Å². The maximum absolute atomic E-state index is 13.6. The first-order chi connectivity index (χ1) is 17.6. The minimum absolute atomic E-state index is 0.0121. The quantitative estimate of drug-likeness (QED) is 0.510. The lowest BCUT2D eigenvalue weighted by molar-refractivity contribution is -0.163. The van der Waals surface area contributed by atoms with Crippen LogP contribution in [0.1, 0.15) is 95.5 Å². The first-order valence-corrected chi connectivity index (χ1v) is 14.4. The highest BCUT2D eigenvalue weighted by molar-refractivity contribution is 5.87. The molecular weight excluding hydrogens is 470 g/mol. The van der Waals surface area contributed by atoms with Gasteiger partial charge in [-0.15, -0.1) is 5.10 Å². The summed E-state index contributed by atoms with van der Waals surface area (Å²) in [4.78, 5) is 25.6. The molecule has 8 nitrogen and oxygen atoms in total. The zero-order valence-electron chi connectivity index (χ0n) is 23.1. The van der Waals surface area contributed by atoms with Crippen molar-refractivity contribution in [1.82, 2.24) is 15.0 Å². The second-order valence-electron chi connectivity index (χ2n) is 13.0. The Morgan fingerprint density at radius 3 is 2.68 bits per heavy atom. The van der Waals surface area contributed by atoms with Gasteiger partial charge < -0.3 is 14.6 Å². The van der Waals surface area contributed by atoms with Gasteiger partial charge in [0.25, 0.3) is 0 Å². The normalized spacial score (nSPS) is 40.9. The number of hydrogen-bond donors (Lipinski definition) is 1. The average molecular weight is 516 g/mol. The van der Waals surface area contributed by atoms with Gasteiger partial charge in [0, 0.05) is 19.6 Å². The van der Waals surface area contributed by atoms with E-state index in [0.29, 0.717) is 23.7 Å². The molecular formula is C29H45N3O5. The summed E-state index contributed by atoms with van der Waals surface area (Å²) in [6.45, 7) is 7.37. The van der Waals surface area contributed by atoms with Crippen molar-refractivity contribution in [1.29, 1.82) is 0 Å². The van der Waals surface area contributed by atoms with Crippen LogP contribution in [0.25, 0.3) is 0 Å². The molecule has 206 valence electrons. The zero-order chi connectivity index (χ0) is 26.4. The molecule has 0 saturated heterocycles. The van der Waals surface area contributed by atoms with Gasteiger partial charge >= 0.3 is 5.97 Å². The molecule has 1 heterocycles. The third-order valence-corrected chi connectivity index (χ3v) is 11.2. The van der Waals surface area contributed by atoms with E-state index in [-0.39, 0.29) is 41.4 Å². The van der Waals surface area contributed by atoms with Crippen LogP contribution >= 0.6 is 0 Å². The Morgan fingerprint density at radius 2 is 1.92 bits per heavy atom. The molecule has 1 aromatic rings. The lowest BCUT2D eigenvalue weighted by Crippen LogP contribution is -2.57. The van der Waals surface area contributed by atoms with Gasteiger partial charge in [-0.05, 0) is 113 Å². The predicted molar refractivity (Wildman–Crippen MR) is 138 cm³/mol. The van der Waals surface area contributed by atoms with Crippen LogP contribution in [-0.4, -0.2) is 57.8 Å². The number of ketones is 1. The number of rotatable bonds is 8. The van der Waals surface area contributed by atoms with Crippen molar-refractivity contribution in [2.45, 2.75) is 97.1 Å². The number of Topliss-reactive ketones (excluding diaryl/α,β-unsaturated/α-hetero) is 1. The van der Waals surface area contributed by atoms with Crippen LogP contribution in [-0.2, 0) is 20.8 Å². The van der Waals surface area contributed by atoms with Gasteiger partial charge in [0.05, 0.1) is 18.4 Å². The summed E-state index contributed by atoms with van der Waals surface area (Å²) < 4.78 is 12.1. The first-order valence-electron chi connectivity index (χ1n) is 14.4. The highest BCUT2D eigenvalue weighted by atomic mass is 16.5. The van der Waals surface area contributed by atoms with Crippen LogP contribution in [0, 0.1) is 40.4 Å². The zero-order valence-corrected chi connectivity index (χ0v) is 23.1. The van der Waals surface area contributed by atoms with E-state index in [2.05, 4.69) is 17.2 Å². The second kappa shape index (κ2) is 10.1. The number of carbonyl (C=O) groups excluding carboxylic acids is 2. The Bertz CT molecular complexity index is 1010. The Kier molecular flexibility index (Phi) is 7.29. The van der Waals surface area contributed by atoms with Crippen molar-refractivity contribution in [2.24, 2.45) is 40.4 Å². The van der Waals surface area contributed by atoms with E-state index in [0.717, 1.165) is 51.6 Å². The SMILES string of the molecule is CCOC(=O)c1cn(CC(=O)[C@H]2CC[C@H]3[C@@H]4CC[C@H]5C[C@](C)(O)CC[C@]5(CCOC)[C@H]4CC[C@]23C)nn1. The van der Waals surface area contributed by atoms with Crippen molar-refractivity contribution in [3.8, 4) is 0 Å². The molecule has 4 aliphatic rings. The van der Waals surface area contributed by atoms with Crippen LogP contribution in [0.4, 0.5) is 0 Å². The van der Waals surface area contributed by atoms with Gasteiger partial charge in [-0.2, -0.15) is 0 Å². The topological polar surface area (TPSA) is 104 Å². The lowest BCUT2D eigenvalue weighted by atomic mass is 9.42. The summed E-state index contributed by atoms with van der Waals surface area (Å²) in [6.07, 6.45) is 12.2. The number of esters is 1. The summed E-state index contributed by atoms with van der Waals surface area (Å²) in [5, 5.41) is 18.8. The Balaban J connectivity index is 1.32. The first kappa shape index (κ1) is 26.8. The van der Waals surface area contributed by atoms with Crippen molar-refractivity contribution >= 4 is 11.8 Å². The van der Waals surface area contributed by atoms with Crippen LogP contribution in [0.3, 0.4) is 0 Å². The van der Waals surface area contributed by atoms with Crippen molar-refractivity contribution in [2.75, 3.05) is 20.3 Å². The van der Waals surface area contributed by atoms with Gasteiger partial charge in [0.2, 0.25) is 0 Å². The molecule has 4 aliphatic carbocycles. The van der Waals surface area contributed by atoms with E-state index in [1.807, 2.05) is 6.92 Å². The highest BCUT2D eigenvalue weighted by Gasteiger charge is 2.62. The summed E-state index contributed by atoms with van der Waals surface area (Å²) >= 11 is 0. The number of aromatic nitrogens is 3. The van der Waals surface area contributed by atoms with E-state index in [4.69, 9.17) is 9.47 Å². The Hall–Kier alpha value is -1.80. The molecule has 0 bridgehead atoms. The van der Waals surface area contributed by atoms with E-state index < -0.39 is 11.6 Å². The minimum atomic E-state index is -0.545. The molecule has 1 aromatic heterocycles. The number of carbonyl (C=O) groups is 2. The standard InChI is InChI=1S/C29H45N3O5/c1-5-37-26(34)24-17-32(31-30-24)18-25(33)23-9-8-21-20-7-6-19-16-27(2,35)12-13-29(19,14-15-36-4)22(20)10-11-28(21,23)3/h17,19-23,35H,5-16,18H2,1-4H3/t19-,20-,21-,22-,23+,27+,28-,29+/m0/s1. The van der Waals surface area contributed by atoms with E-state index in [9.17, 15) is 14.7 Å². The Labute approximate surface area is 220 Å². The van der Waals surface area contributed by atoms with E-state index in [1.165, 1.54) is 30.1 Å². The summed E-state index contributed by atoms with van der Waals surface area (Å²) in [5.41, 5.74) is -0.126. The largest absolute Gasteiger partial charge is 0.461 e. The maximum atomic E-state index is 13.6. The molecule has 0 unspecified atom stereocenters. The fraction of sp³-hybridized carbons (Fsp3) is 0.862. The van der Waals surface area contributed by atoms with E-state index >= 15 is 0 Å². The molecule has 5 rings (SSSR count). The molecule has 1 N–H and O–H groups in total. The summed E-state index contributed by atoms with van der Waals surface area (Å²) in [5.74, 6) is 2.16. The Morgan fingerprint density at radius 1 is 1.11 bits per heavy atom. The second-order valence-corrected chi connectivity index (χ2v) is 13.0. The molecule has 0 radical (unpaired) electrons. The van der Waals surface area contributed by atoms with Gasteiger partial charge in [0.15, 0.2) is 11.5 Å². The highest BCUT2D eigenvalue weighted by Crippen LogP contribution is 2.69. The monoisotopic (exact) mass is 515 g/mol. The maximum Gasteiger partial charge on any atom is 0.360 e. The van der Waals surface area contributed by atoms with Gasteiger partial charge in [0.1, 0.15) is 6.54 Å². The molecule has 4 fully saturated rings. The third kappa shape index (κ3) is 4.66. The van der Waals surface area contributed by atoms with Gasteiger partial charge in [-0.25, -0.2) is 9.48 Å². The number of ether oxygens (including phenoxy) is 2. The fourth-order valence-electron chi connectivity index (χ4n) is 9.50. The van der Waals surface area contributed by atoms with Crippen LogP contribution in [0.2, 0.25) is 0 Å². The third-order valence-electron chi connectivity index (χ3n) is 11.2. The number of methoxy groups -OCH3 is 1. The number of aliphatic hydroxyl groups is 1. The number of nitrogens with zero attached hydrogens (tertiary/aromatic N) is 3. The molecule has 37 heavy (non-hydrogen) atoms. The summed E-state index contributed by atoms with van der Waals surface area (Å²) in [7, 11) is 1.81. The van der Waals surface area contributed by atoms with Crippen LogP contribution in [0.5, 0.6) is 0 Å². The molecule has 8 heteroatoms. The average Bonchev–Trinajstić information content (AvgIpc) is 3.46. The van der Waals surface area contributed by atoms with Crippen LogP contribution < -0.4 is 0 Å². The van der Waals surface area contributed by atoms with Crippen LogP contribution in [0.15, 0.2) is 6.20 Å². The van der Waals surface area contributed by atoms with Gasteiger partial charge in [-0.1, -0.05) is 12.1 Å². The fourth-order valence-corrected chi connectivity index (χ4v) is 9.50. The lowest BCUT2D eigenvalue weighted by Gasteiger charge is -2.63. The van der Waals surface area contributed by atoms with Gasteiger partial charge in [-0.3, -0.25) is 4.79 Å². The minimum Gasteiger partial charge on any atom is -0.461 e. The molecule has 8 atom stereocenters. The van der Waals surface area contributed by atoms with Crippen molar-refractivity contribution in [3.63, 3.8) is 0 Å². The predicted octanol–water partition coefficient (Wildman–Crippen LogP) is 4.45. The smallest absolute Gasteiger partial charge is 0.360 e. The molecule has 0 aromatic carbocycles. The summed E-state index contributed by atoms with van der Waals surface area (Å²) in [6, 6.07) is 0. The number of hydrogen-bond acceptors (Lipinski definition) is 7. The molecule has 4 saturated carbocycles. The number of fused-ring (bicyclic) bond motifs is 5. The molecule has 0 spiro atoms. The van der Waals surface area contributed by atoms with E-state index in [1.54, 1.807) is 14.0 Å². The molecule has 0 aliphatic heterocycles.